The van der Waals surface area contributed by atoms with Crippen LogP contribution in [0.2, 0.25) is 0 Å². The van der Waals surface area contributed by atoms with Crippen molar-refractivity contribution < 1.29 is 37.9 Å². The zero-order valence-corrected chi connectivity index (χ0v) is 38.4. The number of unbranched alkanes of at least 4 members (excludes halogenated alkanes) is 5. The number of esters is 1. The van der Waals surface area contributed by atoms with Crippen LogP contribution in [0, 0.1) is 0 Å². The molecule has 2 atom stereocenters. The van der Waals surface area contributed by atoms with E-state index >= 15 is 0 Å². The lowest BCUT2D eigenvalue weighted by atomic mass is 10.1. The highest BCUT2D eigenvalue weighted by Crippen LogP contribution is 2.42. The molecule has 9 nitrogen and oxygen atoms in total. The number of rotatable bonds is 40. The molecule has 0 aromatic rings. The minimum absolute atomic E-state index is 0.0486. The molecule has 0 radical (unpaired) electrons. The van der Waals surface area contributed by atoms with Crippen molar-refractivity contribution in [2.75, 3.05) is 26.4 Å². The van der Waals surface area contributed by atoms with Crippen LogP contribution < -0.4 is 5.32 Å². The Morgan fingerprint density at radius 3 is 1.31 bits per heavy atom. The third-order valence-electron chi connectivity index (χ3n) is 8.58. The van der Waals surface area contributed by atoms with Gasteiger partial charge in [-0.2, -0.15) is 0 Å². The fourth-order valence-electron chi connectivity index (χ4n) is 5.23. The largest absolute Gasteiger partial charge is 0.472 e. The molecular weight excluding hydrogens is 786 g/mol. The molecule has 61 heavy (non-hydrogen) atoms. The van der Waals surface area contributed by atoms with Gasteiger partial charge in [-0.05, 0) is 109 Å². The molecule has 0 aromatic carbocycles. The van der Waals surface area contributed by atoms with Crippen LogP contribution in [0.15, 0.2) is 134 Å². The summed E-state index contributed by atoms with van der Waals surface area (Å²) in [5.74, 6) is -0.607. The number of phosphoric ester groups is 1. The minimum atomic E-state index is -4.45. The summed E-state index contributed by atoms with van der Waals surface area (Å²) in [6.07, 6.45) is 63.8. The predicted molar refractivity (Wildman–Crippen MR) is 256 cm³/mol. The molecule has 2 unspecified atom stereocenters. The number of allylic oxidation sites excluding steroid dienone is 22. The van der Waals surface area contributed by atoms with E-state index in [1.165, 1.54) is 0 Å². The first kappa shape index (κ1) is 57.1. The molecule has 0 fully saturated rings. The Morgan fingerprint density at radius 1 is 0.508 bits per heavy atom. The molecular formula is C51H80NO8P. The van der Waals surface area contributed by atoms with Gasteiger partial charge in [0.1, 0.15) is 12.7 Å². The molecule has 0 saturated carbocycles. The van der Waals surface area contributed by atoms with E-state index in [-0.39, 0.29) is 32.1 Å². The number of carbonyl (C=O) groups is 2. The monoisotopic (exact) mass is 866 g/mol. The molecule has 0 bridgehead atoms. The Morgan fingerprint density at radius 2 is 0.885 bits per heavy atom. The number of carbonyl (C=O) groups excluding carboxylic acids is 2. The second kappa shape index (κ2) is 45.7. The number of nitrogens with one attached hydrogen (secondary N) is 1. The zero-order chi connectivity index (χ0) is 44.6. The van der Waals surface area contributed by atoms with Gasteiger partial charge in [-0.15, -0.1) is 0 Å². The Bertz CT molecular complexity index is 1450. The lowest BCUT2D eigenvalue weighted by molar-refractivity contribution is -0.147. The van der Waals surface area contributed by atoms with Crippen molar-refractivity contribution in [3.05, 3.63) is 134 Å². The number of hydrogen-bond acceptors (Lipinski definition) is 7. The van der Waals surface area contributed by atoms with Gasteiger partial charge >= 0.3 is 13.8 Å². The van der Waals surface area contributed by atoms with Gasteiger partial charge in [0.15, 0.2) is 0 Å². The first-order valence-corrected chi connectivity index (χ1v) is 24.2. The van der Waals surface area contributed by atoms with Crippen molar-refractivity contribution in [3.8, 4) is 0 Å². The van der Waals surface area contributed by atoms with Gasteiger partial charge in [-0.25, -0.2) is 4.57 Å². The summed E-state index contributed by atoms with van der Waals surface area (Å²) in [4.78, 5) is 34.0. The van der Waals surface area contributed by atoms with Gasteiger partial charge in [0, 0.05) is 19.4 Å². The molecule has 0 rings (SSSR count). The fraction of sp³-hybridized carbons (Fsp3) is 0.529. The van der Waals surface area contributed by atoms with E-state index < -0.39 is 26.5 Å². The van der Waals surface area contributed by atoms with Gasteiger partial charge in [0.25, 0.3) is 0 Å². The maximum atomic E-state index is 12.1. The predicted octanol–water partition coefficient (Wildman–Crippen LogP) is 13.1. The van der Waals surface area contributed by atoms with Crippen molar-refractivity contribution in [1.29, 1.82) is 0 Å². The maximum Gasteiger partial charge on any atom is 0.472 e. The Balaban J connectivity index is 3.76. The standard InChI is InChI=1S/C51H80NO8P/c1-3-5-7-9-11-13-15-17-19-21-23-24-26-28-30-32-34-36-38-40-42-44-51(55)58-47-49(53)48-60-61(56,57)59-46-45-52-50(54)43-41-39-37-35-33-31-29-27-25-22-20-18-16-14-12-10-8-6-4-2/h5-8,11-14,17-20,23-25,27-28,30-31,33-34,36,49,53H,3-4,9-10,15-16,21-22,26,29,32,35,37-48H2,1-2H3,(H,52,54)(H,56,57)/b7-5-,8-6-,13-11-,14-12-,19-17-,20-18-,24-23-,27-25-,30-28-,33-31-,36-34-. The number of phosphoric acid groups is 1. The summed E-state index contributed by atoms with van der Waals surface area (Å²) in [6.45, 7) is 3.20. The quantitative estimate of drug-likeness (QED) is 0.0240. The summed E-state index contributed by atoms with van der Waals surface area (Å²) in [6, 6.07) is 0. The summed E-state index contributed by atoms with van der Waals surface area (Å²) >= 11 is 0. The van der Waals surface area contributed by atoms with Crippen molar-refractivity contribution in [2.24, 2.45) is 0 Å². The van der Waals surface area contributed by atoms with E-state index in [1.54, 1.807) is 0 Å². The van der Waals surface area contributed by atoms with Crippen LogP contribution in [0.1, 0.15) is 142 Å². The highest BCUT2D eigenvalue weighted by molar-refractivity contribution is 7.47. The summed E-state index contributed by atoms with van der Waals surface area (Å²) in [5, 5.41) is 12.7. The SMILES string of the molecule is CC/C=C\C/C=C\C/C=C\C/C=C\C/C=C\C/C=C\CCCCC(=O)OCC(O)COP(=O)(O)OCCNC(=O)CCCCC/C=C\C/C=C\C/C=C\C/C=C\C/C=C\CC. The molecule has 0 saturated heterocycles. The number of aliphatic hydroxyl groups is 1. The topological polar surface area (TPSA) is 131 Å². The molecule has 0 aliphatic heterocycles. The van der Waals surface area contributed by atoms with Crippen LogP contribution in [0.3, 0.4) is 0 Å². The van der Waals surface area contributed by atoms with E-state index in [0.717, 1.165) is 109 Å². The number of aliphatic hydroxyl groups excluding tert-OH is 1. The third-order valence-corrected chi connectivity index (χ3v) is 9.56. The highest BCUT2D eigenvalue weighted by Gasteiger charge is 2.23. The molecule has 10 heteroatoms. The molecule has 0 aliphatic carbocycles. The average Bonchev–Trinajstić information content (AvgIpc) is 3.25. The van der Waals surface area contributed by atoms with E-state index in [4.69, 9.17) is 13.8 Å². The third kappa shape index (κ3) is 47.1. The lowest BCUT2D eigenvalue weighted by Crippen LogP contribution is -2.27. The zero-order valence-electron chi connectivity index (χ0n) is 37.5. The number of amides is 1. The summed E-state index contributed by atoms with van der Waals surface area (Å²) < 4.78 is 26.9. The van der Waals surface area contributed by atoms with E-state index in [0.29, 0.717) is 12.8 Å². The van der Waals surface area contributed by atoms with Crippen LogP contribution in [0.25, 0.3) is 0 Å². The van der Waals surface area contributed by atoms with Gasteiger partial charge in [-0.3, -0.25) is 18.6 Å². The first-order valence-electron chi connectivity index (χ1n) is 22.7. The molecule has 342 valence electrons. The van der Waals surface area contributed by atoms with Gasteiger partial charge in [0.05, 0.1) is 13.2 Å². The van der Waals surface area contributed by atoms with Crippen molar-refractivity contribution in [2.45, 2.75) is 148 Å². The van der Waals surface area contributed by atoms with Crippen LogP contribution >= 0.6 is 7.82 Å². The first-order chi connectivity index (χ1) is 29.8. The molecule has 0 aliphatic rings. The lowest BCUT2D eigenvalue weighted by Gasteiger charge is -2.15. The smallest absolute Gasteiger partial charge is 0.463 e. The van der Waals surface area contributed by atoms with Gasteiger partial charge in [0.2, 0.25) is 5.91 Å². The number of ether oxygens (including phenoxy) is 1. The second-order valence-electron chi connectivity index (χ2n) is 14.3. The van der Waals surface area contributed by atoms with Crippen molar-refractivity contribution in [3.63, 3.8) is 0 Å². The second-order valence-corrected chi connectivity index (χ2v) is 15.7. The van der Waals surface area contributed by atoms with Crippen molar-refractivity contribution >= 4 is 19.7 Å². The summed E-state index contributed by atoms with van der Waals surface area (Å²) in [7, 11) is -4.45. The number of hydrogen-bond donors (Lipinski definition) is 3. The average molecular weight is 866 g/mol. The molecule has 3 N–H and O–H groups in total. The molecule has 0 spiro atoms. The molecule has 0 heterocycles. The van der Waals surface area contributed by atoms with E-state index in [2.05, 4.69) is 153 Å². The Kier molecular flexibility index (Phi) is 42.8. The van der Waals surface area contributed by atoms with Crippen LogP contribution in [-0.2, 0) is 27.9 Å². The summed E-state index contributed by atoms with van der Waals surface area (Å²) in [5.41, 5.74) is 0. The van der Waals surface area contributed by atoms with Crippen molar-refractivity contribution in [1.82, 2.24) is 5.32 Å². The normalized spacial score (nSPS) is 14.5. The Labute approximate surface area is 370 Å². The highest BCUT2D eigenvalue weighted by atomic mass is 31.2. The van der Waals surface area contributed by atoms with Gasteiger partial charge in [-0.1, -0.05) is 154 Å². The van der Waals surface area contributed by atoms with E-state index in [1.807, 2.05) is 0 Å². The van der Waals surface area contributed by atoms with Crippen LogP contribution in [0.5, 0.6) is 0 Å². The minimum Gasteiger partial charge on any atom is -0.463 e. The fourth-order valence-corrected chi connectivity index (χ4v) is 5.99. The maximum absolute atomic E-state index is 12.1. The van der Waals surface area contributed by atoms with Crippen LogP contribution in [-0.4, -0.2) is 54.3 Å². The van der Waals surface area contributed by atoms with E-state index in [9.17, 15) is 24.2 Å². The molecule has 1 amide bonds. The Hall–Kier alpha value is -3.85. The molecule has 0 aromatic heterocycles. The van der Waals surface area contributed by atoms with Gasteiger partial charge < -0.3 is 20.1 Å². The van der Waals surface area contributed by atoms with Crippen LogP contribution in [0.4, 0.5) is 0 Å².